The molecule has 2 atom stereocenters. The van der Waals surface area contributed by atoms with Crippen molar-refractivity contribution < 1.29 is 28.5 Å². The second-order valence-corrected chi connectivity index (χ2v) is 6.49. The standard InChI is InChI=1S/C13H20O6/c1-12(2,8-5-16-10(14)18-8)7-13(3,4)9-6-17-11(15)19-9/h8-9H,5-7H2,1-4H3/t8-,9?/m0/s1. The lowest BCUT2D eigenvalue weighted by molar-refractivity contribution is -0.00997. The molecule has 0 bridgehead atoms. The predicted octanol–water partition coefficient (Wildman–Crippen LogP) is 2.50. The largest absolute Gasteiger partial charge is 0.508 e. The van der Waals surface area contributed by atoms with Crippen molar-refractivity contribution in [2.24, 2.45) is 10.8 Å². The van der Waals surface area contributed by atoms with E-state index in [4.69, 9.17) is 18.9 Å². The lowest BCUT2D eigenvalue weighted by atomic mass is 9.70. The number of rotatable bonds is 4. The highest BCUT2D eigenvalue weighted by molar-refractivity contribution is 5.62. The first-order valence-corrected chi connectivity index (χ1v) is 6.37. The van der Waals surface area contributed by atoms with Gasteiger partial charge in [-0.25, -0.2) is 9.59 Å². The fraction of sp³-hybridized carbons (Fsp3) is 0.846. The fourth-order valence-electron chi connectivity index (χ4n) is 2.83. The number of hydrogen-bond acceptors (Lipinski definition) is 6. The molecule has 0 saturated carbocycles. The molecule has 0 aliphatic carbocycles. The fourth-order valence-corrected chi connectivity index (χ4v) is 2.83. The van der Waals surface area contributed by atoms with Crippen LogP contribution in [0.2, 0.25) is 0 Å². The average molecular weight is 272 g/mol. The van der Waals surface area contributed by atoms with Crippen LogP contribution in [0, 0.1) is 10.8 Å². The van der Waals surface area contributed by atoms with E-state index in [0.29, 0.717) is 6.42 Å². The van der Waals surface area contributed by atoms with Crippen LogP contribution in [0.25, 0.3) is 0 Å². The maximum absolute atomic E-state index is 11.0. The highest BCUT2D eigenvalue weighted by atomic mass is 16.8. The van der Waals surface area contributed by atoms with Gasteiger partial charge in [0.1, 0.15) is 25.4 Å². The van der Waals surface area contributed by atoms with Gasteiger partial charge in [0.2, 0.25) is 0 Å². The Balaban J connectivity index is 2.01. The van der Waals surface area contributed by atoms with Gasteiger partial charge in [0.25, 0.3) is 0 Å². The minimum absolute atomic E-state index is 0.267. The molecule has 0 N–H and O–H groups in total. The molecule has 0 spiro atoms. The van der Waals surface area contributed by atoms with Crippen LogP contribution in [0.3, 0.4) is 0 Å². The van der Waals surface area contributed by atoms with Crippen LogP contribution in [0.15, 0.2) is 0 Å². The zero-order valence-electron chi connectivity index (χ0n) is 11.7. The third-order valence-electron chi connectivity index (χ3n) is 3.84. The van der Waals surface area contributed by atoms with Gasteiger partial charge in [0, 0.05) is 10.8 Å². The van der Waals surface area contributed by atoms with Crippen LogP contribution in [0.5, 0.6) is 0 Å². The molecule has 2 fully saturated rings. The van der Waals surface area contributed by atoms with Crippen LogP contribution in [0.4, 0.5) is 9.59 Å². The van der Waals surface area contributed by atoms with Gasteiger partial charge in [0.05, 0.1) is 0 Å². The zero-order valence-corrected chi connectivity index (χ0v) is 11.7. The summed E-state index contributed by atoms with van der Waals surface area (Å²) in [7, 11) is 0. The van der Waals surface area contributed by atoms with Crippen molar-refractivity contribution in [2.45, 2.75) is 46.3 Å². The summed E-state index contributed by atoms with van der Waals surface area (Å²) >= 11 is 0. The molecule has 0 radical (unpaired) electrons. The van der Waals surface area contributed by atoms with E-state index in [0.717, 1.165) is 0 Å². The van der Waals surface area contributed by atoms with Crippen molar-refractivity contribution in [1.82, 2.24) is 0 Å². The van der Waals surface area contributed by atoms with E-state index in [-0.39, 0.29) is 36.3 Å². The molecule has 0 aromatic rings. The van der Waals surface area contributed by atoms with Crippen molar-refractivity contribution in [3.05, 3.63) is 0 Å². The number of ether oxygens (including phenoxy) is 4. The molecular weight excluding hydrogens is 252 g/mol. The number of carbonyl (C=O) groups excluding carboxylic acids is 2. The maximum Gasteiger partial charge on any atom is 0.508 e. The number of carbonyl (C=O) groups is 2. The topological polar surface area (TPSA) is 71.1 Å². The summed E-state index contributed by atoms with van der Waals surface area (Å²) in [6, 6.07) is 0. The molecule has 2 rings (SSSR count). The van der Waals surface area contributed by atoms with Crippen LogP contribution in [-0.4, -0.2) is 37.7 Å². The summed E-state index contributed by atoms with van der Waals surface area (Å²) in [4.78, 5) is 22.1. The molecule has 2 heterocycles. The van der Waals surface area contributed by atoms with Crippen molar-refractivity contribution in [1.29, 1.82) is 0 Å². The molecule has 2 aliphatic rings. The minimum Gasteiger partial charge on any atom is -0.430 e. The quantitative estimate of drug-likeness (QED) is 0.732. The second-order valence-electron chi connectivity index (χ2n) is 6.49. The van der Waals surface area contributed by atoms with Gasteiger partial charge in [-0.05, 0) is 6.42 Å². The van der Waals surface area contributed by atoms with E-state index in [1.54, 1.807) is 0 Å². The van der Waals surface area contributed by atoms with Gasteiger partial charge >= 0.3 is 12.3 Å². The lowest BCUT2D eigenvalue weighted by Gasteiger charge is -2.38. The molecule has 1 unspecified atom stereocenters. The Morgan fingerprint density at radius 3 is 1.53 bits per heavy atom. The van der Waals surface area contributed by atoms with Gasteiger partial charge in [-0.1, -0.05) is 27.7 Å². The van der Waals surface area contributed by atoms with Gasteiger partial charge in [-0.2, -0.15) is 0 Å². The molecule has 19 heavy (non-hydrogen) atoms. The molecule has 0 aromatic heterocycles. The van der Waals surface area contributed by atoms with Gasteiger partial charge in [-0.15, -0.1) is 0 Å². The maximum atomic E-state index is 11.0. The van der Waals surface area contributed by atoms with E-state index in [2.05, 4.69) is 0 Å². The highest BCUT2D eigenvalue weighted by Crippen LogP contribution is 2.42. The number of hydrogen-bond donors (Lipinski definition) is 0. The highest BCUT2D eigenvalue weighted by Gasteiger charge is 2.46. The summed E-state index contributed by atoms with van der Waals surface area (Å²) < 4.78 is 20.0. The van der Waals surface area contributed by atoms with Crippen LogP contribution < -0.4 is 0 Å². The Labute approximate surface area is 112 Å². The first kappa shape index (κ1) is 14.0. The molecule has 2 saturated heterocycles. The van der Waals surface area contributed by atoms with Crippen molar-refractivity contribution in [2.75, 3.05) is 13.2 Å². The molecule has 6 heteroatoms. The van der Waals surface area contributed by atoms with E-state index in [9.17, 15) is 9.59 Å². The SMILES string of the molecule is CC(C)(CC(C)(C)[C@@H]1COC(=O)O1)C1COC(=O)O1. The third kappa shape index (κ3) is 2.93. The first-order chi connectivity index (χ1) is 8.71. The Hall–Kier alpha value is -1.46. The summed E-state index contributed by atoms with van der Waals surface area (Å²) in [5, 5.41) is 0. The third-order valence-corrected chi connectivity index (χ3v) is 3.84. The normalized spacial score (nSPS) is 27.6. The summed E-state index contributed by atoms with van der Waals surface area (Å²) in [6.45, 7) is 8.59. The molecule has 0 amide bonds. The molecule has 0 aromatic carbocycles. The molecular formula is C13H20O6. The number of cyclic esters (lactones) is 4. The average Bonchev–Trinajstić information content (AvgIpc) is 2.86. The summed E-state index contributed by atoms with van der Waals surface area (Å²) in [5.41, 5.74) is -0.546. The van der Waals surface area contributed by atoms with E-state index >= 15 is 0 Å². The van der Waals surface area contributed by atoms with E-state index in [1.165, 1.54) is 0 Å². The first-order valence-electron chi connectivity index (χ1n) is 6.37. The summed E-state index contributed by atoms with van der Waals surface area (Å²) in [6.07, 6.45) is -1.09. The van der Waals surface area contributed by atoms with Gasteiger partial charge in [-0.3, -0.25) is 0 Å². The van der Waals surface area contributed by atoms with E-state index < -0.39 is 12.3 Å². The Bertz CT molecular complexity index is 351. The van der Waals surface area contributed by atoms with Crippen LogP contribution in [-0.2, 0) is 18.9 Å². The van der Waals surface area contributed by atoms with Crippen molar-refractivity contribution in [3.63, 3.8) is 0 Å². The van der Waals surface area contributed by atoms with Crippen LogP contribution >= 0.6 is 0 Å². The van der Waals surface area contributed by atoms with Crippen molar-refractivity contribution in [3.8, 4) is 0 Å². The van der Waals surface area contributed by atoms with Crippen LogP contribution in [0.1, 0.15) is 34.1 Å². The van der Waals surface area contributed by atoms with E-state index in [1.807, 2.05) is 27.7 Å². The smallest absolute Gasteiger partial charge is 0.430 e. The summed E-state index contributed by atoms with van der Waals surface area (Å²) in [5.74, 6) is 0. The Kier molecular flexibility index (Phi) is 3.36. The van der Waals surface area contributed by atoms with Gasteiger partial charge < -0.3 is 18.9 Å². The molecule has 6 nitrogen and oxygen atoms in total. The van der Waals surface area contributed by atoms with Crippen molar-refractivity contribution >= 4 is 12.3 Å². The Morgan fingerprint density at radius 2 is 1.26 bits per heavy atom. The zero-order chi connectivity index (χ0) is 14.3. The monoisotopic (exact) mass is 272 g/mol. The van der Waals surface area contributed by atoms with Gasteiger partial charge in [0.15, 0.2) is 0 Å². The second kappa shape index (κ2) is 4.58. The lowest BCUT2D eigenvalue weighted by Crippen LogP contribution is -2.41. The molecule has 2 aliphatic heterocycles. The predicted molar refractivity (Wildman–Crippen MR) is 64.6 cm³/mol. The Morgan fingerprint density at radius 1 is 0.895 bits per heavy atom. The molecule has 108 valence electrons. The minimum atomic E-state index is -0.619.